The molecule has 1 N–H and O–H groups in total. The molecule has 1 spiro atoms. The third kappa shape index (κ3) is 3.20. The van der Waals surface area contributed by atoms with E-state index in [1.807, 2.05) is 81.1 Å². The van der Waals surface area contributed by atoms with Crippen LogP contribution in [-0.4, -0.2) is 36.4 Å². The summed E-state index contributed by atoms with van der Waals surface area (Å²) < 4.78 is 11.1. The Bertz CT molecular complexity index is 1650. The minimum atomic E-state index is -1.32. The maximum Gasteiger partial charge on any atom is 0.238 e. The average Bonchev–Trinajstić information content (AvgIpc) is 3.60. The van der Waals surface area contributed by atoms with Crippen LogP contribution in [0.25, 0.3) is 6.08 Å². The first-order valence-electron chi connectivity index (χ1n) is 13.6. The van der Waals surface area contributed by atoms with Gasteiger partial charge in [0.05, 0.1) is 12.0 Å². The van der Waals surface area contributed by atoms with E-state index in [9.17, 15) is 14.4 Å². The number of ether oxygens (including phenoxy) is 2. The van der Waals surface area contributed by atoms with E-state index >= 15 is 0 Å². The maximum absolute atomic E-state index is 14.8. The van der Waals surface area contributed by atoms with Crippen molar-refractivity contribution >= 4 is 34.9 Å². The summed E-state index contributed by atoms with van der Waals surface area (Å²) in [6.07, 6.45) is 4.02. The molecule has 0 bridgehead atoms. The molecule has 3 aromatic carbocycles. The van der Waals surface area contributed by atoms with Crippen LogP contribution in [0.2, 0.25) is 0 Å². The Labute approximate surface area is 232 Å². The lowest BCUT2D eigenvalue weighted by Crippen LogP contribution is -2.51. The third-order valence-electron chi connectivity index (χ3n) is 8.74. The number of Topliss-reactive ketones (excluding diaryl/α,β-unsaturated/α-hetero) is 2. The number of amides is 1. The highest BCUT2D eigenvalue weighted by Gasteiger charge is 2.70. The molecule has 3 aromatic rings. The highest BCUT2D eigenvalue weighted by molar-refractivity contribution is 6.17. The van der Waals surface area contributed by atoms with Crippen LogP contribution in [0.3, 0.4) is 0 Å². The molecule has 4 aliphatic rings. The lowest BCUT2D eigenvalue weighted by Gasteiger charge is -2.38. The molecule has 7 nitrogen and oxygen atoms in total. The number of para-hydroxylation sites is 1. The van der Waals surface area contributed by atoms with Crippen LogP contribution in [0, 0.1) is 18.3 Å². The maximum atomic E-state index is 14.8. The normalized spacial score (nSPS) is 25.4. The first kappa shape index (κ1) is 24.6. The topological polar surface area (TPSA) is 84.9 Å². The van der Waals surface area contributed by atoms with E-state index < -0.39 is 28.8 Å². The molecule has 4 heterocycles. The fourth-order valence-corrected chi connectivity index (χ4v) is 6.97. The molecule has 1 saturated heterocycles. The van der Waals surface area contributed by atoms with Gasteiger partial charge in [-0.2, -0.15) is 0 Å². The van der Waals surface area contributed by atoms with Gasteiger partial charge in [-0.1, -0.05) is 62.8 Å². The zero-order valence-corrected chi connectivity index (χ0v) is 22.9. The van der Waals surface area contributed by atoms with Crippen molar-refractivity contribution in [2.24, 2.45) is 11.3 Å². The van der Waals surface area contributed by atoms with Crippen LogP contribution in [0.5, 0.6) is 11.5 Å². The number of hydrogen-bond donors (Lipinski definition) is 1. The molecule has 0 aliphatic carbocycles. The Balaban J connectivity index is 1.52. The second-order valence-electron chi connectivity index (χ2n) is 12.1. The van der Waals surface area contributed by atoms with Crippen molar-refractivity contribution < 1.29 is 23.9 Å². The van der Waals surface area contributed by atoms with Gasteiger partial charge in [0.25, 0.3) is 0 Å². The van der Waals surface area contributed by atoms with Crippen molar-refractivity contribution in [2.75, 3.05) is 17.0 Å². The van der Waals surface area contributed by atoms with Gasteiger partial charge in [0, 0.05) is 22.4 Å². The standard InChI is InChI=1S/C33H30N2O5/c1-18-9-12-23-19(15-18)11-14-26-33(21-7-5-6-8-22(21)34-31(33)38)27(28(35(23)26)30(37)32(2,3)4)29(36)20-10-13-24-25(16-20)40-17-39-24/h5-16,26-28H,17H2,1-4H3,(H,34,38). The zero-order chi connectivity index (χ0) is 28.0. The van der Waals surface area contributed by atoms with E-state index in [0.717, 1.165) is 22.4 Å². The quantitative estimate of drug-likeness (QED) is 0.459. The Hall–Kier alpha value is -4.39. The van der Waals surface area contributed by atoms with Crippen LogP contribution in [0.4, 0.5) is 11.4 Å². The Morgan fingerprint density at radius 3 is 2.58 bits per heavy atom. The monoisotopic (exact) mass is 534 g/mol. The fourth-order valence-electron chi connectivity index (χ4n) is 6.97. The highest BCUT2D eigenvalue weighted by Crippen LogP contribution is 2.58. The number of ketones is 2. The first-order valence-corrected chi connectivity index (χ1v) is 13.6. The predicted molar refractivity (Wildman–Crippen MR) is 152 cm³/mol. The summed E-state index contributed by atoms with van der Waals surface area (Å²) in [6, 6.07) is 17.3. The first-order chi connectivity index (χ1) is 19.1. The van der Waals surface area contributed by atoms with Gasteiger partial charge < -0.3 is 19.7 Å². The van der Waals surface area contributed by atoms with Gasteiger partial charge in [-0.25, -0.2) is 0 Å². The molecule has 4 atom stereocenters. The second-order valence-corrected chi connectivity index (χ2v) is 12.1. The van der Waals surface area contributed by atoms with E-state index in [1.54, 1.807) is 18.2 Å². The van der Waals surface area contributed by atoms with Crippen molar-refractivity contribution in [3.8, 4) is 11.5 Å². The van der Waals surface area contributed by atoms with Gasteiger partial charge in [-0.05, 0) is 54.4 Å². The molecule has 7 heteroatoms. The number of nitrogens with zero attached hydrogens (tertiary/aromatic N) is 1. The predicted octanol–water partition coefficient (Wildman–Crippen LogP) is 5.31. The molecule has 1 amide bonds. The minimum Gasteiger partial charge on any atom is -0.454 e. The summed E-state index contributed by atoms with van der Waals surface area (Å²) >= 11 is 0. The Kier molecular flexibility index (Phi) is 5.12. The van der Waals surface area contributed by atoms with Crippen molar-refractivity contribution in [2.45, 2.75) is 45.2 Å². The third-order valence-corrected chi connectivity index (χ3v) is 8.74. The number of carbonyl (C=O) groups excluding carboxylic acids is 3. The minimum absolute atomic E-state index is 0.0815. The highest BCUT2D eigenvalue weighted by atomic mass is 16.7. The number of benzene rings is 3. The largest absolute Gasteiger partial charge is 0.454 e. The fraction of sp³-hybridized carbons (Fsp3) is 0.303. The van der Waals surface area contributed by atoms with E-state index in [1.165, 1.54) is 0 Å². The molecule has 0 radical (unpaired) electrons. The van der Waals surface area contributed by atoms with Gasteiger partial charge in [-0.3, -0.25) is 14.4 Å². The van der Waals surface area contributed by atoms with Crippen molar-refractivity contribution in [1.82, 2.24) is 0 Å². The average molecular weight is 535 g/mol. The summed E-state index contributed by atoms with van der Waals surface area (Å²) in [5.41, 5.74) is 2.58. The number of nitrogens with one attached hydrogen (secondary N) is 1. The molecule has 4 aliphatic heterocycles. The number of rotatable bonds is 3. The van der Waals surface area contributed by atoms with Gasteiger partial charge >= 0.3 is 0 Å². The summed E-state index contributed by atoms with van der Waals surface area (Å²) in [5.74, 6) is -0.589. The van der Waals surface area contributed by atoms with E-state index in [2.05, 4.69) is 11.4 Å². The molecule has 0 aromatic heterocycles. The number of carbonyl (C=O) groups is 3. The second kappa shape index (κ2) is 8.31. The van der Waals surface area contributed by atoms with Gasteiger partial charge in [-0.15, -0.1) is 0 Å². The van der Waals surface area contributed by atoms with Gasteiger partial charge in [0.1, 0.15) is 11.5 Å². The van der Waals surface area contributed by atoms with E-state index in [0.29, 0.717) is 22.7 Å². The van der Waals surface area contributed by atoms with Crippen LogP contribution in [-0.2, 0) is 15.0 Å². The van der Waals surface area contributed by atoms with Crippen molar-refractivity contribution in [3.05, 3.63) is 89.0 Å². The SMILES string of the molecule is Cc1ccc2c(c1)C=CC1N2C(C(=O)C(C)(C)C)C(C(=O)c2ccc3c(c2)OCO3)C12C(=O)Nc1ccccc12. The number of hydrogen-bond acceptors (Lipinski definition) is 6. The van der Waals surface area contributed by atoms with Crippen LogP contribution < -0.4 is 19.7 Å². The van der Waals surface area contributed by atoms with Crippen LogP contribution >= 0.6 is 0 Å². The zero-order valence-electron chi connectivity index (χ0n) is 22.9. The molecule has 0 saturated carbocycles. The summed E-state index contributed by atoms with van der Waals surface area (Å²) in [6.45, 7) is 7.72. The summed E-state index contributed by atoms with van der Waals surface area (Å²) in [4.78, 5) is 45.7. The lowest BCUT2D eigenvalue weighted by atomic mass is 9.63. The number of aryl methyl sites for hydroxylation is 1. The number of anilines is 2. The van der Waals surface area contributed by atoms with Crippen molar-refractivity contribution in [3.63, 3.8) is 0 Å². The summed E-state index contributed by atoms with van der Waals surface area (Å²) in [5, 5.41) is 3.06. The molecular weight excluding hydrogens is 504 g/mol. The Morgan fingerprint density at radius 2 is 1.77 bits per heavy atom. The van der Waals surface area contributed by atoms with Crippen molar-refractivity contribution in [1.29, 1.82) is 0 Å². The van der Waals surface area contributed by atoms with Crippen LogP contribution in [0.15, 0.2) is 66.7 Å². The summed E-state index contributed by atoms with van der Waals surface area (Å²) in [7, 11) is 0. The Morgan fingerprint density at radius 1 is 1.00 bits per heavy atom. The number of fused-ring (bicyclic) bond motifs is 7. The van der Waals surface area contributed by atoms with Crippen LogP contribution in [0.1, 0.15) is 47.8 Å². The molecule has 4 unspecified atom stereocenters. The molecule has 40 heavy (non-hydrogen) atoms. The molecule has 7 rings (SSSR count). The van der Waals surface area contributed by atoms with E-state index in [4.69, 9.17) is 9.47 Å². The molecule has 202 valence electrons. The van der Waals surface area contributed by atoms with Gasteiger partial charge in [0.15, 0.2) is 23.1 Å². The smallest absolute Gasteiger partial charge is 0.238 e. The molecular formula is C33H30N2O5. The van der Waals surface area contributed by atoms with E-state index in [-0.39, 0.29) is 24.3 Å². The lowest BCUT2D eigenvalue weighted by molar-refractivity contribution is -0.128. The van der Waals surface area contributed by atoms with Gasteiger partial charge in [0.2, 0.25) is 12.7 Å². The molecule has 1 fully saturated rings.